The van der Waals surface area contributed by atoms with E-state index in [0.717, 1.165) is 43.7 Å². The lowest BCUT2D eigenvalue weighted by atomic mass is 9.89. The van der Waals surface area contributed by atoms with E-state index in [1.807, 2.05) is 23.6 Å². The number of aryl methyl sites for hydroxylation is 1. The first-order chi connectivity index (χ1) is 12.8. The third-order valence-corrected chi connectivity index (χ3v) is 6.79. The number of rotatable bonds is 2. The Labute approximate surface area is 157 Å². The predicted octanol–water partition coefficient (Wildman–Crippen LogP) is 3.54. The standard InChI is InChI=1S/C20H23N5S/c1-14-5-6-15-16(12-14)26-20-18(15)19(22-13-23-20)25-10-8-24(9-11-25)17-4-2-3-7-21-17/h2-4,7,13-14H,5-6,8-12H2,1H3/t14-/m0/s1. The number of pyridine rings is 1. The van der Waals surface area contributed by atoms with E-state index in [0.29, 0.717) is 0 Å². The lowest BCUT2D eigenvalue weighted by molar-refractivity contribution is 0.509. The van der Waals surface area contributed by atoms with Crippen LogP contribution in [0.1, 0.15) is 23.8 Å². The van der Waals surface area contributed by atoms with Crippen LogP contribution in [0.3, 0.4) is 0 Å². The highest BCUT2D eigenvalue weighted by Crippen LogP contribution is 2.40. The fourth-order valence-corrected chi connectivity index (χ4v) is 5.53. The zero-order valence-corrected chi connectivity index (χ0v) is 15.9. The van der Waals surface area contributed by atoms with Gasteiger partial charge in [0.25, 0.3) is 0 Å². The number of fused-ring (bicyclic) bond motifs is 3. The minimum Gasteiger partial charge on any atom is -0.353 e. The molecule has 1 fully saturated rings. The second-order valence-corrected chi connectivity index (χ2v) is 8.47. The molecular formula is C20H23N5S. The van der Waals surface area contributed by atoms with Crippen molar-refractivity contribution < 1.29 is 0 Å². The van der Waals surface area contributed by atoms with Crippen molar-refractivity contribution in [3.8, 4) is 0 Å². The van der Waals surface area contributed by atoms with Crippen molar-refractivity contribution in [1.82, 2.24) is 15.0 Å². The SMILES string of the molecule is C[C@H]1CCc2c(sc3ncnc(N4CCN(c5ccccn5)CC4)c23)C1. The first kappa shape index (κ1) is 16.0. The Balaban J connectivity index is 1.43. The fourth-order valence-electron chi connectivity index (χ4n) is 4.19. The molecule has 1 aliphatic heterocycles. The molecule has 3 aromatic heterocycles. The molecule has 5 nitrogen and oxygen atoms in total. The van der Waals surface area contributed by atoms with Gasteiger partial charge in [-0.25, -0.2) is 15.0 Å². The molecule has 0 radical (unpaired) electrons. The van der Waals surface area contributed by atoms with Gasteiger partial charge in [0.1, 0.15) is 22.8 Å². The Morgan fingerprint density at radius 3 is 2.69 bits per heavy atom. The highest BCUT2D eigenvalue weighted by atomic mass is 32.1. The summed E-state index contributed by atoms with van der Waals surface area (Å²) in [6.45, 7) is 6.27. The summed E-state index contributed by atoms with van der Waals surface area (Å²) in [7, 11) is 0. The summed E-state index contributed by atoms with van der Waals surface area (Å²) in [5.41, 5.74) is 1.52. The van der Waals surface area contributed by atoms with E-state index in [1.54, 1.807) is 6.33 Å². The second kappa shape index (κ2) is 6.50. The van der Waals surface area contributed by atoms with Crippen LogP contribution in [0.4, 0.5) is 11.6 Å². The van der Waals surface area contributed by atoms with Crippen molar-refractivity contribution >= 4 is 33.2 Å². The summed E-state index contributed by atoms with van der Waals surface area (Å²) in [6.07, 6.45) is 7.26. The smallest absolute Gasteiger partial charge is 0.141 e. The molecule has 0 bridgehead atoms. The Hall–Kier alpha value is -2.21. The van der Waals surface area contributed by atoms with Gasteiger partial charge in [-0.2, -0.15) is 0 Å². The maximum absolute atomic E-state index is 4.72. The molecule has 5 rings (SSSR count). The monoisotopic (exact) mass is 365 g/mol. The maximum atomic E-state index is 4.72. The summed E-state index contributed by atoms with van der Waals surface area (Å²) in [5.74, 6) is 3.00. The first-order valence-electron chi connectivity index (χ1n) is 9.46. The minimum atomic E-state index is 0.786. The molecule has 4 heterocycles. The Bertz CT molecular complexity index is 915. The van der Waals surface area contributed by atoms with E-state index in [9.17, 15) is 0 Å². The molecule has 0 N–H and O–H groups in total. The number of anilines is 2. The third kappa shape index (κ3) is 2.72. The summed E-state index contributed by atoms with van der Waals surface area (Å²) < 4.78 is 0. The number of hydrogen-bond donors (Lipinski definition) is 0. The Kier molecular flexibility index (Phi) is 4.00. The molecule has 0 aromatic carbocycles. The zero-order valence-electron chi connectivity index (χ0n) is 15.1. The lowest BCUT2D eigenvalue weighted by Gasteiger charge is -2.36. The largest absolute Gasteiger partial charge is 0.353 e. The van der Waals surface area contributed by atoms with Gasteiger partial charge in [-0.05, 0) is 42.9 Å². The highest BCUT2D eigenvalue weighted by Gasteiger charge is 2.26. The zero-order chi connectivity index (χ0) is 17.5. The molecule has 0 unspecified atom stereocenters. The maximum Gasteiger partial charge on any atom is 0.141 e. The van der Waals surface area contributed by atoms with Gasteiger partial charge in [0.15, 0.2) is 0 Å². The van der Waals surface area contributed by atoms with Crippen LogP contribution in [-0.2, 0) is 12.8 Å². The molecule has 3 aromatic rings. The van der Waals surface area contributed by atoms with Gasteiger partial charge in [0.2, 0.25) is 0 Å². The van der Waals surface area contributed by atoms with E-state index in [1.165, 1.54) is 39.9 Å². The molecule has 1 aliphatic carbocycles. The van der Waals surface area contributed by atoms with Crippen LogP contribution in [0, 0.1) is 5.92 Å². The number of nitrogens with zero attached hydrogens (tertiary/aromatic N) is 5. The van der Waals surface area contributed by atoms with Gasteiger partial charge >= 0.3 is 0 Å². The molecular weight excluding hydrogens is 342 g/mol. The van der Waals surface area contributed by atoms with Crippen LogP contribution in [0.5, 0.6) is 0 Å². The molecule has 0 amide bonds. The molecule has 134 valence electrons. The molecule has 2 aliphatic rings. The van der Waals surface area contributed by atoms with E-state index in [4.69, 9.17) is 4.98 Å². The van der Waals surface area contributed by atoms with E-state index in [2.05, 4.69) is 38.8 Å². The van der Waals surface area contributed by atoms with Gasteiger partial charge in [0, 0.05) is 37.3 Å². The quantitative estimate of drug-likeness (QED) is 0.695. The topological polar surface area (TPSA) is 45.2 Å². The average Bonchev–Trinajstić information content (AvgIpc) is 3.06. The van der Waals surface area contributed by atoms with Crippen molar-refractivity contribution in [3.63, 3.8) is 0 Å². The third-order valence-electron chi connectivity index (χ3n) is 5.62. The van der Waals surface area contributed by atoms with E-state index >= 15 is 0 Å². The van der Waals surface area contributed by atoms with Crippen molar-refractivity contribution in [1.29, 1.82) is 0 Å². The van der Waals surface area contributed by atoms with Crippen LogP contribution < -0.4 is 9.80 Å². The summed E-state index contributed by atoms with van der Waals surface area (Å²) in [6, 6.07) is 6.12. The minimum absolute atomic E-state index is 0.786. The number of piperazine rings is 1. The van der Waals surface area contributed by atoms with Gasteiger partial charge in [-0.3, -0.25) is 0 Å². The first-order valence-corrected chi connectivity index (χ1v) is 10.3. The Morgan fingerprint density at radius 2 is 1.88 bits per heavy atom. The number of aromatic nitrogens is 3. The predicted molar refractivity (Wildman–Crippen MR) is 107 cm³/mol. The molecule has 26 heavy (non-hydrogen) atoms. The van der Waals surface area contributed by atoms with E-state index in [-0.39, 0.29) is 0 Å². The second-order valence-electron chi connectivity index (χ2n) is 7.39. The van der Waals surface area contributed by atoms with Gasteiger partial charge in [0.05, 0.1) is 5.39 Å². The molecule has 1 saturated heterocycles. The molecule has 1 atom stereocenters. The van der Waals surface area contributed by atoms with Gasteiger partial charge < -0.3 is 9.80 Å². The van der Waals surface area contributed by atoms with Crippen LogP contribution >= 0.6 is 11.3 Å². The van der Waals surface area contributed by atoms with Crippen molar-refractivity contribution in [3.05, 3.63) is 41.2 Å². The van der Waals surface area contributed by atoms with Crippen LogP contribution in [0.15, 0.2) is 30.7 Å². The number of thiophene rings is 1. The summed E-state index contributed by atoms with van der Waals surface area (Å²) in [4.78, 5) is 21.3. The molecule has 0 spiro atoms. The van der Waals surface area contributed by atoms with E-state index < -0.39 is 0 Å². The number of hydrogen-bond acceptors (Lipinski definition) is 6. The van der Waals surface area contributed by atoms with Crippen LogP contribution in [0.2, 0.25) is 0 Å². The molecule has 6 heteroatoms. The summed E-state index contributed by atoms with van der Waals surface area (Å²) >= 11 is 1.88. The highest BCUT2D eigenvalue weighted by molar-refractivity contribution is 7.19. The fraction of sp³-hybridized carbons (Fsp3) is 0.450. The van der Waals surface area contributed by atoms with Crippen LogP contribution in [-0.4, -0.2) is 41.1 Å². The molecule has 0 saturated carbocycles. The lowest BCUT2D eigenvalue weighted by Crippen LogP contribution is -2.47. The summed E-state index contributed by atoms with van der Waals surface area (Å²) in [5, 5.41) is 1.32. The normalized spacial score (nSPS) is 20.4. The average molecular weight is 366 g/mol. The van der Waals surface area contributed by atoms with Gasteiger partial charge in [-0.15, -0.1) is 11.3 Å². The van der Waals surface area contributed by atoms with Gasteiger partial charge in [-0.1, -0.05) is 13.0 Å². The Morgan fingerprint density at radius 1 is 1.04 bits per heavy atom. The van der Waals surface area contributed by atoms with Crippen LogP contribution in [0.25, 0.3) is 10.2 Å². The van der Waals surface area contributed by atoms with Crippen molar-refractivity contribution in [2.45, 2.75) is 26.2 Å². The van der Waals surface area contributed by atoms with Crippen molar-refractivity contribution in [2.75, 3.05) is 36.0 Å². The van der Waals surface area contributed by atoms with Crippen molar-refractivity contribution in [2.24, 2.45) is 5.92 Å².